The highest BCUT2D eigenvalue weighted by molar-refractivity contribution is 7.20. The van der Waals surface area contributed by atoms with Gasteiger partial charge in [0.15, 0.2) is 6.61 Å². The van der Waals surface area contributed by atoms with Crippen molar-refractivity contribution in [3.63, 3.8) is 0 Å². The van der Waals surface area contributed by atoms with Gasteiger partial charge in [-0.3, -0.25) is 9.59 Å². The van der Waals surface area contributed by atoms with Gasteiger partial charge >= 0.3 is 5.97 Å². The SMILES string of the molecule is N#Cc1ccccc1NC(=O)COC(=O)Cc1csc(-c2cccs2)n1. The molecule has 0 aliphatic heterocycles. The molecule has 1 aromatic carbocycles. The monoisotopic (exact) mass is 383 g/mol. The van der Waals surface area contributed by atoms with Crippen molar-refractivity contribution in [1.29, 1.82) is 5.26 Å². The number of nitriles is 1. The lowest BCUT2D eigenvalue weighted by atomic mass is 10.2. The van der Waals surface area contributed by atoms with Crippen LogP contribution in [0.15, 0.2) is 47.2 Å². The Balaban J connectivity index is 1.50. The molecule has 2 aromatic heterocycles. The van der Waals surface area contributed by atoms with E-state index in [4.69, 9.17) is 10.00 Å². The van der Waals surface area contributed by atoms with Crippen molar-refractivity contribution in [2.45, 2.75) is 6.42 Å². The van der Waals surface area contributed by atoms with Crippen LogP contribution in [-0.4, -0.2) is 23.5 Å². The predicted molar refractivity (Wildman–Crippen MR) is 99.9 cm³/mol. The summed E-state index contributed by atoms with van der Waals surface area (Å²) in [4.78, 5) is 29.2. The molecule has 1 amide bonds. The highest BCUT2D eigenvalue weighted by atomic mass is 32.1. The molecule has 1 N–H and O–H groups in total. The Labute approximate surface area is 157 Å². The van der Waals surface area contributed by atoms with Gasteiger partial charge in [-0.05, 0) is 23.6 Å². The molecule has 0 fully saturated rings. The summed E-state index contributed by atoms with van der Waals surface area (Å²) in [5, 5.41) is 16.2. The number of carbonyl (C=O) groups excluding carboxylic acids is 2. The van der Waals surface area contributed by atoms with Gasteiger partial charge in [0.05, 0.1) is 28.2 Å². The Morgan fingerprint density at radius 1 is 1.19 bits per heavy atom. The lowest BCUT2D eigenvalue weighted by molar-refractivity contribution is -0.146. The Bertz CT molecular complexity index is 958. The Hall–Kier alpha value is -3.02. The molecule has 0 bridgehead atoms. The molecular weight excluding hydrogens is 370 g/mol. The second kappa shape index (κ2) is 8.38. The first-order chi connectivity index (χ1) is 12.7. The third-order valence-corrected chi connectivity index (χ3v) is 5.23. The zero-order valence-electron chi connectivity index (χ0n) is 13.5. The molecular formula is C18H13N3O3S2. The fraction of sp³-hybridized carbons (Fsp3) is 0.111. The number of para-hydroxylation sites is 1. The van der Waals surface area contributed by atoms with E-state index in [1.165, 1.54) is 11.3 Å². The highest BCUT2D eigenvalue weighted by Gasteiger charge is 2.13. The van der Waals surface area contributed by atoms with Crippen LogP contribution in [0.2, 0.25) is 0 Å². The Morgan fingerprint density at radius 3 is 2.81 bits per heavy atom. The standard InChI is InChI=1S/C18H13N3O3S2/c19-9-12-4-1-2-5-14(12)21-16(22)10-24-17(23)8-13-11-26-18(20-13)15-6-3-7-25-15/h1-7,11H,8,10H2,(H,21,22). The predicted octanol–water partition coefficient (Wildman–Crippen LogP) is 3.47. The molecule has 0 atom stereocenters. The third kappa shape index (κ3) is 4.53. The zero-order chi connectivity index (χ0) is 18.4. The van der Waals surface area contributed by atoms with Gasteiger partial charge in [0.2, 0.25) is 0 Å². The number of benzene rings is 1. The average molecular weight is 383 g/mol. The number of nitrogens with zero attached hydrogens (tertiary/aromatic N) is 2. The van der Waals surface area contributed by atoms with E-state index in [0.717, 1.165) is 9.88 Å². The van der Waals surface area contributed by atoms with Crippen molar-refractivity contribution >= 4 is 40.2 Å². The average Bonchev–Trinajstić information content (AvgIpc) is 3.32. The minimum atomic E-state index is -0.531. The number of ether oxygens (including phenoxy) is 1. The fourth-order valence-corrected chi connectivity index (χ4v) is 3.76. The van der Waals surface area contributed by atoms with Gasteiger partial charge in [0, 0.05) is 5.38 Å². The summed E-state index contributed by atoms with van der Waals surface area (Å²) < 4.78 is 4.99. The molecule has 8 heteroatoms. The number of thiazole rings is 1. The molecule has 6 nitrogen and oxygen atoms in total. The lowest BCUT2D eigenvalue weighted by Gasteiger charge is -2.07. The minimum absolute atomic E-state index is 0.00391. The van der Waals surface area contributed by atoms with Gasteiger partial charge < -0.3 is 10.1 Å². The molecule has 0 aliphatic rings. The van der Waals surface area contributed by atoms with E-state index < -0.39 is 18.5 Å². The number of aromatic nitrogens is 1. The molecule has 26 heavy (non-hydrogen) atoms. The van der Waals surface area contributed by atoms with Crippen molar-refractivity contribution in [3.05, 3.63) is 58.4 Å². The molecule has 130 valence electrons. The van der Waals surface area contributed by atoms with Crippen molar-refractivity contribution in [2.75, 3.05) is 11.9 Å². The molecule has 2 heterocycles. The number of hydrogen-bond donors (Lipinski definition) is 1. The maximum absolute atomic E-state index is 11.9. The van der Waals surface area contributed by atoms with E-state index in [0.29, 0.717) is 16.9 Å². The van der Waals surface area contributed by atoms with E-state index in [-0.39, 0.29) is 6.42 Å². The quantitative estimate of drug-likeness (QED) is 0.658. The molecule has 0 unspecified atom stereocenters. The van der Waals surface area contributed by atoms with Gasteiger partial charge in [-0.25, -0.2) is 4.98 Å². The topological polar surface area (TPSA) is 92.1 Å². The largest absolute Gasteiger partial charge is 0.455 e. The maximum atomic E-state index is 11.9. The first-order valence-corrected chi connectivity index (χ1v) is 9.34. The molecule has 0 saturated heterocycles. The number of thiophene rings is 1. The number of amides is 1. The normalized spacial score (nSPS) is 10.1. The summed E-state index contributed by atoms with van der Waals surface area (Å²) in [6, 6.07) is 12.5. The van der Waals surface area contributed by atoms with E-state index in [9.17, 15) is 9.59 Å². The van der Waals surface area contributed by atoms with E-state index >= 15 is 0 Å². The summed E-state index contributed by atoms with van der Waals surface area (Å²) >= 11 is 3.04. The smallest absolute Gasteiger partial charge is 0.312 e. The third-order valence-electron chi connectivity index (χ3n) is 3.30. The van der Waals surface area contributed by atoms with Gasteiger partial charge in [0.1, 0.15) is 11.1 Å². The van der Waals surface area contributed by atoms with E-state index in [1.54, 1.807) is 41.0 Å². The summed E-state index contributed by atoms with van der Waals surface area (Å²) in [5.41, 5.74) is 1.34. The Kier molecular flexibility index (Phi) is 5.73. The van der Waals surface area contributed by atoms with Crippen LogP contribution in [0, 0.1) is 11.3 Å². The first-order valence-electron chi connectivity index (χ1n) is 7.58. The minimum Gasteiger partial charge on any atom is -0.455 e. The van der Waals surface area contributed by atoms with Crippen LogP contribution in [0.1, 0.15) is 11.3 Å². The van der Waals surface area contributed by atoms with E-state index in [2.05, 4.69) is 10.3 Å². The molecule has 3 aromatic rings. The van der Waals surface area contributed by atoms with Crippen LogP contribution < -0.4 is 5.32 Å². The maximum Gasteiger partial charge on any atom is 0.312 e. The highest BCUT2D eigenvalue weighted by Crippen LogP contribution is 2.27. The van der Waals surface area contributed by atoms with E-state index in [1.807, 2.05) is 23.6 Å². The zero-order valence-corrected chi connectivity index (χ0v) is 15.1. The second-order valence-electron chi connectivity index (χ2n) is 5.16. The summed E-state index contributed by atoms with van der Waals surface area (Å²) in [6.45, 7) is -0.416. The molecule has 3 rings (SSSR count). The second-order valence-corrected chi connectivity index (χ2v) is 6.97. The van der Waals surface area contributed by atoms with Crippen LogP contribution in [0.4, 0.5) is 5.69 Å². The van der Waals surface area contributed by atoms with Gasteiger partial charge in [-0.2, -0.15) is 5.26 Å². The summed E-state index contributed by atoms with van der Waals surface area (Å²) in [5.74, 6) is -1.03. The van der Waals surface area contributed by atoms with Gasteiger partial charge in [-0.15, -0.1) is 22.7 Å². The first kappa shape index (κ1) is 17.8. The van der Waals surface area contributed by atoms with Crippen molar-refractivity contribution in [1.82, 2.24) is 4.98 Å². The van der Waals surface area contributed by atoms with Gasteiger partial charge in [0.25, 0.3) is 5.91 Å². The molecule has 0 aliphatic carbocycles. The number of esters is 1. The fourth-order valence-electron chi connectivity index (χ4n) is 2.12. The Morgan fingerprint density at radius 2 is 2.04 bits per heavy atom. The number of anilines is 1. The molecule has 0 radical (unpaired) electrons. The summed E-state index contributed by atoms with van der Waals surface area (Å²) in [7, 11) is 0. The van der Waals surface area contributed by atoms with Crippen molar-refractivity contribution in [3.8, 4) is 16.0 Å². The van der Waals surface area contributed by atoms with Crippen LogP contribution in [0.3, 0.4) is 0 Å². The summed E-state index contributed by atoms with van der Waals surface area (Å²) in [6.07, 6.45) is 0.00391. The van der Waals surface area contributed by atoms with Crippen LogP contribution >= 0.6 is 22.7 Å². The van der Waals surface area contributed by atoms with Crippen LogP contribution in [0.25, 0.3) is 9.88 Å². The van der Waals surface area contributed by atoms with Crippen LogP contribution in [-0.2, 0) is 20.7 Å². The number of nitrogens with one attached hydrogen (secondary N) is 1. The number of hydrogen-bond acceptors (Lipinski definition) is 7. The molecule has 0 saturated carbocycles. The lowest BCUT2D eigenvalue weighted by Crippen LogP contribution is -2.22. The number of rotatable bonds is 6. The number of carbonyl (C=O) groups is 2. The van der Waals surface area contributed by atoms with Crippen molar-refractivity contribution < 1.29 is 14.3 Å². The van der Waals surface area contributed by atoms with Gasteiger partial charge in [-0.1, -0.05) is 18.2 Å². The van der Waals surface area contributed by atoms with Crippen LogP contribution in [0.5, 0.6) is 0 Å². The van der Waals surface area contributed by atoms with Crippen molar-refractivity contribution in [2.24, 2.45) is 0 Å². The molecule has 0 spiro atoms.